The molecule has 0 bridgehead atoms. The van der Waals surface area contributed by atoms with Crippen molar-refractivity contribution in [1.82, 2.24) is 9.80 Å². The number of rotatable bonds is 5. The van der Waals surface area contributed by atoms with E-state index in [4.69, 9.17) is 0 Å². The summed E-state index contributed by atoms with van der Waals surface area (Å²) in [6, 6.07) is 7.93. The van der Waals surface area contributed by atoms with E-state index >= 15 is 0 Å². The number of carbonyl (C=O) groups excluding carboxylic acids is 2. The minimum Gasteiger partial charge on any atom is -0.340 e. The summed E-state index contributed by atoms with van der Waals surface area (Å²) in [6.45, 7) is 9.64. The maximum absolute atomic E-state index is 12.3. The molecule has 22 heavy (non-hydrogen) atoms. The van der Waals surface area contributed by atoms with Crippen LogP contribution in [0, 0.1) is 0 Å². The Bertz CT molecular complexity index is 514. The van der Waals surface area contributed by atoms with E-state index in [1.54, 1.807) is 0 Å². The van der Waals surface area contributed by atoms with Crippen molar-refractivity contribution in [2.45, 2.75) is 33.1 Å². The molecule has 0 spiro atoms. The molecule has 0 radical (unpaired) electrons. The molecule has 4 heteroatoms. The molecule has 4 nitrogen and oxygen atoms in total. The van der Waals surface area contributed by atoms with Crippen LogP contribution in [0.3, 0.4) is 0 Å². The van der Waals surface area contributed by atoms with E-state index in [-0.39, 0.29) is 11.7 Å². The molecule has 0 saturated carbocycles. The predicted molar refractivity (Wildman–Crippen MR) is 88.2 cm³/mol. The van der Waals surface area contributed by atoms with Crippen molar-refractivity contribution in [3.63, 3.8) is 0 Å². The van der Waals surface area contributed by atoms with Gasteiger partial charge in [-0.2, -0.15) is 0 Å². The minimum atomic E-state index is 0.158. The SMILES string of the molecule is CCC(=O)N1CCN(CC(=O)c2ccc(C(C)C)cc2)CC1. The van der Waals surface area contributed by atoms with E-state index in [2.05, 4.69) is 18.7 Å². The number of nitrogens with zero attached hydrogens (tertiary/aromatic N) is 2. The van der Waals surface area contributed by atoms with Gasteiger partial charge in [-0.05, 0) is 11.5 Å². The lowest BCUT2D eigenvalue weighted by atomic mass is 10.0. The average molecular weight is 302 g/mol. The van der Waals surface area contributed by atoms with E-state index in [0.717, 1.165) is 31.7 Å². The Labute approximate surface area is 133 Å². The molecule has 1 aromatic carbocycles. The van der Waals surface area contributed by atoms with E-state index < -0.39 is 0 Å². The molecular formula is C18H26N2O2. The predicted octanol–water partition coefficient (Wildman–Crippen LogP) is 2.55. The lowest BCUT2D eigenvalue weighted by molar-refractivity contribution is -0.132. The first-order chi connectivity index (χ1) is 10.5. The first-order valence-electron chi connectivity index (χ1n) is 8.14. The van der Waals surface area contributed by atoms with Gasteiger partial charge in [0.2, 0.25) is 5.91 Å². The van der Waals surface area contributed by atoms with Gasteiger partial charge in [0.15, 0.2) is 5.78 Å². The topological polar surface area (TPSA) is 40.6 Å². The lowest BCUT2D eigenvalue weighted by Crippen LogP contribution is -2.49. The molecule has 0 aromatic heterocycles. The second kappa shape index (κ2) is 7.54. The first kappa shape index (κ1) is 16.7. The smallest absolute Gasteiger partial charge is 0.222 e. The number of ketones is 1. The molecule has 0 aliphatic carbocycles. The lowest BCUT2D eigenvalue weighted by Gasteiger charge is -2.34. The quantitative estimate of drug-likeness (QED) is 0.785. The molecule has 1 amide bonds. The van der Waals surface area contributed by atoms with Crippen LogP contribution < -0.4 is 0 Å². The van der Waals surface area contributed by atoms with Crippen molar-refractivity contribution in [2.24, 2.45) is 0 Å². The van der Waals surface area contributed by atoms with Crippen LogP contribution in [0.4, 0.5) is 0 Å². The summed E-state index contributed by atoms with van der Waals surface area (Å²) in [6.07, 6.45) is 0.557. The number of carbonyl (C=O) groups is 2. The molecule has 0 atom stereocenters. The van der Waals surface area contributed by atoms with Gasteiger partial charge in [0.05, 0.1) is 6.54 Å². The summed E-state index contributed by atoms with van der Waals surface area (Å²) < 4.78 is 0. The minimum absolute atomic E-state index is 0.158. The van der Waals surface area contributed by atoms with Gasteiger partial charge in [-0.15, -0.1) is 0 Å². The number of amides is 1. The fraction of sp³-hybridized carbons (Fsp3) is 0.556. The summed E-state index contributed by atoms with van der Waals surface area (Å²) in [5.74, 6) is 0.842. The summed E-state index contributed by atoms with van der Waals surface area (Å²) in [4.78, 5) is 28.0. The molecule has 1 saturated heterocycles. The number of piperazine rings is 1. The second-order valence-corrected chi connectivity index (χ2v) is 6.21. The molecule has 120 valence electrons. The van der Waals surface area contributed by atoms with Crippen LogP contribution >= 0.6 is 0 Å². The van der Waals surface area contributed by atoms with Crippen molar-refractivity contribution in [1.29, 1.82) is 0 Å². The molecule has 1 heterocycles. The van der Waals surface area contributed by atoms with Gasteiger partial charge in [0, 0.05) is 38.2 Å². The van der Waals surface area contributed by atoms with E-state index in [0.29, 0.717) is 18.9 Å². The van der Waals surface area contributed by atoms with Gasteiger partial charge in [0.1, 0.15) is 0 Å². The second-order valence-electron chi connectivity index (χ2n) is 6.21. The number of hydrogen-bond acceptors (Lipinski definition) is 3. The maximum atomic E-state index is 12.3. The molecule has 1 aliphatic heterocycles. The van der Waals surface area contributed by atoms with Crippen LogP contribution in [0.5, 0.6) is 0 Å². The highest BCUT2D eigenvalue weighted by molar-refractivity contribution is 5.97. The fourth-order valence-electron chi connectivity index (χ4n) is 2.73. The summed E-state index contributed by atoms with van der Waals surface area (Å²) in [7, 11) is 0. The Balaban J connectivity index is 1.86. The van der Waals surface area contributed by atoms with Crippen LogP contribution in [0.15, 0.2) is 24.3 Å². The summed E-state index contributed by atoms with van der Waals surface area (Å²) in [5.41, 5.74) is 2.03. The monoisotopic (exact) mass is 302 g/mol. The molecule has 0 N–H and O–H groups in total. The summed E-state index contributed by atoms with van der Waals surface area (Å²) >= 11 is 0. The number of hydrogen-bond donors (Lipinski definition) is 0. The van der Waals surface area contributed by atoms with E-state index in [9.17, 15) is 9.59 Å². The van der Waals surface area contributed by atoms with Crippen molar-refractivity contribution in [2.75, 3.05) is 32.7 Å². The third-order valence-electron chi connectivity index (χ3n) is 4.29. The largest absolute Gasteiger partial charge is 0.340 e. The maximum Gasteiger partial charge on any atom is 0.222 e. The van der Waals surface area contributed by atoms with Crippen LogP contribution in [0.25, 0.3) is 0 Å². The molecule has 0 unspecified atom stereocenters. The Hall–Kier alpha value is -1.68. The van der Waals surface area contributed by atoms with Crippen LogP contribution in [0.2, 0.25) is 0 Å². The van der Waals surface area contributed by atoms with Crippen LogP contribution in [-0.2, 0) is 4.79 Å². The van der Waals surface area contributed by atoms with Crippen LogP contribution in [-0.4, -0.2) is 54.2 Å². The van der Waals surface area contributed by atoms with Gasteiger partial charge in [-0.3, -0.25) is 14.5 Å². The van der Waals surface area contributed by atoms with Gasteiger partial charge in [-0.1, -0.05) is 45.0 Å². The van der Waals surface area contributed by atoms with Crippen LogP contribution in [0.1, 0.15) is 49.0 Å². The average Bonchev–Trinajstić information content (AvgIpc) is 2.54. The highest BCUT2D eigenvalue weighted by atomic mass is 16.2. The summed E-state index contributed by atoms with van der Waals surface area (Å²) in [5, 5.41) is 0. The molecule has 1 fully saturated rings. The third-order valence-corrected chi connectivity index (χ3v) is 4.29. The fourth-order valence-corrected chi connectivity index (χ4v) is 2.73. The highest BCUT2D eigenvalue weighted by Crippen LogP contribution is 2.15. The van der Waals surface area contributed by atoms with Crippen molar-refractivity contribution < 1.29 is 9.59 Å². The van der Waals surface area contributed by atoms with E-state index in [1.807, 2.05) is 36.1 Å². The Morgan fingerprint density at radius 3 is 2.14 bits per heavy atom. The van der Waals surface area contributed by atoms with Gasteiger partial charge < -0.3 is 4.90 Å². The van der Waals surface area contributed by atoms with Crippen molar-refractivity contribution >= 4 is 11.7 Å². The molecular weight excluding hydrogens is 276 g/mol. The normalized spacial score (nSPS) is 16.1. The first-order valence-corrected chi connectivity index (χ1v) is 8.14. The van der Waals surface area contributed by atoms with Gasteiger partial charge in [-0.25, -0.2) is 0 Å². The molecule has 1 aliphatic rings. The molecule has 2 rings (SSSR count). The Kier molecular flexibility index (Phi) is 5.72. The molecule has 1 aromatic rings. The van der Waals surface area contributed by atoms with E-state index in [1.165, 1.54) is 5.56 Å². The zero-order valence-corrected chi connectivity index (χ0v) is 13.8. The zero-order valence-electron chi connectivity index (χ0n) is 13.8. The van der Waals surface area contributed by atoms with Gasteiger partial charge in [0.25, 0.3) is 0 Å². The standard InChI is InChI=1S/C18H26N2O2/c1-4-18(22)20-11-9-19(10-12-20)13-17(21)16-7-5-15(6-8-16)14(2)3/h5-8,14H,4,9-13H2,1-3H3. The van der Waals surface area contributed by atoms with Gasteiger partial charge >= 0.3 is 0 Å². The highest BCUT2D eigenvalue weighted by Gasteiger charge is 2.21. The Morgan fingerprint density at radius 2 is 1.64 bits per heavy atom. The van der Waals surface area contributed by atoms with Crippen molar-refractivity contribution in [3.8, 4) is 0 Å². The zero-order chi connectivity index (χ0) is 16.1. The number of benzene rings is 1. The Morgan fingerprint density at radius 1 is 1.05 bits per heavy atom. The number of Topliss-reactive ketones (excluding diaryl/α,β-unsaturated/α-hetero) is 1. The third kappa shape index (κ3) is 4.17. The van der Waals surface area contributed by atoms with Crippen molar-refractivity contribution in [3.05, 3.63) is 35.4 Å².